The Hall–Kier alpha value is -3.40. The first-order valence-corrected chi connectivity index (χ1v) is 9.07. The maximum Gasteiger partial charge on any atom is 0.193 e. The Morgan fingerprint density at radius 3 is 1.36 bits per heavy atom. The standard InChI is InChI=1S/C24H22O4/c1-4-16-13-19(23(25)17-5-9-21(27-2)10-6-17)15-20(14-16)24(26)18-7-11-22(28-3)12-8-18/h5-15H,4H2,1-3H3. The second-order valence-electron chi connectivity index (χ2n) is 6.39. The van der Waals surface area contributed by atoms with Crippen molar-refractivity contribution in [2.75, 3.05) is 14.2 Å². The van der Waals surface area contributed by atoms with Crippen LogP contribution in [0.3, 0.4) is 0 Å². The molecule has 28 heavy (non-hydrogen) atoms. The van der Waals surface area contributed by atoms with Crippen molar-refractivity contribution in [3.05, 3.63) is 94.5 Å². The van der Waals surface area contributed by atoms with Crippen LogP contribution in [0.1, 0.15) is 44.3 Å². The number of hydrogen-bond donors (Lipinski definition) is 0. The molecule has 3 aromatic rings. The molecular formula is C24H22O4. The summed E-state index contributed by atoms with van der Waals surface area (Å²) in [6.45, 7) is 2.00. The van der Waals surface area contributed by atoms with Crippen LogP contribution in [0.2, 0.25) is 0 Å². The summed E-state index contributed by atoms with van der Waals surface area (Å²) < 4.78 is 10.3. The molecule has 0 spiro atoms. The van der Waals surface area contributed by atoms with Gasteiger partial charge in [-0.25, -0.2) is 0 Å². The van der Waals surface area contributed by atoms with Gasteiger partial charge in [0, 0.05) is 22.3 Å². The molecule has 4 heteroatoms. The van der Waals surface area contributed by atoms with Crippen molar-refractivity contribution in [1.29, 1.82) is 0 Å². The minimum Gasteiger partial charge on any atom is -0.497 e. The fraction of sp³-hybridized carbons (Fsp3) is 0.167. The van der Waals surface area contributed by atoms with Gasteiger partial charge in [0.2, 0.25) is 0 Å². The number of ketones is 2. The van der Waals surface area contributed by atoms with Gasteiger partial charge in [-0.05, 0) is 78.7 Å². The van der Waals surface area contributed by atoms with Crippen molar-refractivity contribution in [3.63, 3.8) is 0 Å². The van der Waals surface area contributed by atoms with Crippen molar-refractivity contribution < 1.29 is 19.1 Å². The van der Waals surface area contributed by atoms with Gasteiger partial charge in [-0.2, -0.15) is 0 Å². The maximum atomic E-state index is 12.9. The summed E-state index contributed by atoms with van der Waals surface area (Å²) in [4.78, 5) is 25.9. The summed E-state index contributed by atoms with van der Waals surface area (Å²) in [7, 11) is 3.16. The van der Waals surface area contributed by atoms with Crippen LogP contribution in [0.15, 0.2) is 66.7 Å². The van der Waals surface area contributed by atoms with Gasteiger partial charge in [0.05, 0.1) is 14.2 Å². The second kappa shape index (κ2) is 8.53. The van der Waals surface area contributed by atoms with E-state index in [-0.39, 0.29) is 11.6 Å². The van der Waals surface area contributed by atoms with Crippen molar-refractivity contribution in [2.45, 2.75) is 13.3 Å². The van der Waals surface area contributed by atoms with E-state index in [4.69, 9.17) is 9.47 Å². The smallest absolute Gasteiger partial charge is 0.193 e. The number of hydrogen-bond acceptors (Lipinski definition) is 4. The largest absolute Gasteiger partial charge is 0.497 e. The molecule has 0 bridgehead atoms. The third-order valence-corrected chi connectivity index (χ3v) is 4.63. The molecular weight excluding hydrogens is 352 g/mol. The van der Waals surface area contributed by atoms with E-state index in [0.717, 1.165) is 12.0 Å². The third kappa shape index (κ3) is 4.12. The van der Waals surface area contributed by atoms with E-state index in [9.17, 15) is 9.59 Å². The summed E-state index contributed by atoms with van der Waals surface area (Å²) >= 11 is 0. The van der Waals surface area contributed by atoms with Gasteiger partial charge >= 0.3 is 0 Å². The molecule has 142 valence electrons. The molecule has 0 saturated heterocycles. The molecule has 0 radical (unpaired) electrons. The molecule has 0 aliphatic heterocycles. The number of benzene rings is 3. The number of aryl methyl sites for hydroxylation is 1. The molecule has 3 aromatic carbocycles. The molecule has 0 aromatic heterocycles. The van der Waals surface area contributed by atoms with Gasteiger partial charge in [0.25, 0.3) is 0 Å². The highest BCUT2D eigenvalue weighted by molar-refractivity contribution is 6.13. The first kappa shape index (κ1) is 19.4. The Labute approximate surface area is 164 Å². The van der Waals surface area contributed by atoms with E-state index in [1.165, 1.54) is 0 Å². The summed E-state index contributed by atoms with van der Waals surface area (Å²) in [5.41, 5.74) is 3.05. The summed E-state index contributed by atoms with van der Waals surface area (Å²) in [6, 6.07) is 19.3. The van der Waals surface area contributed by atoms with Gasteiger partial charge in [0.15, 0.2) is 11.6 Å². The van der Waals surface area contributed by atoms with Gasteiger partial charge < -0.3 is 9.47 Å². The van der Waals surface area contributed by atoms with E-state index in [1.807, 2.05) is 19.1 Å². The van der Waals surface area contributed by atoms with Crippen LogP contribution < -0.4 is 9.47 Å². The van der Waals surface area contributed by atoms with Crippen LogP contribution in [0.25, 0.3) is 0 Å². The highest BCUT2D eigenvalue weighted by Crippen LogP contribution is 2.21. The monoisotopic (exact) mass is 374 g/mol. The molecule has 3 rings (SSSR count). The van der Waals surface area contributed by atoms with Crippen LogP contribution in [0.5, 0.6) is 11.5 Å². The lowest BCUT2D eigenvalue weighted by atomic mass is 9.94. The minimum absolute atomic E-state index is 0.123. The minimum atomic E-state index is -0.123. The van der Waals surface area contributed by atoms with Crippen LogP contribution in [-0.2, 0) is 6.42 Å². The molecule has 4 nitrogen and oxygen atoms in total. The zero-order valence-electron chi connectivity index (χ0n) is 16.2. The van der Waals surface area contributed by atoms with Crippen LogP contribution in [-0.4, -0.2) is 25.8 Å². The van der Waals surface area contributed by atoms with Gasteiger partial charge in [0.1, 0.15) is 11.5 Å². The Kier molecular flexibility index (Phi) is 5.90. The predicted molar refractivity (Wildman–Crippen MR) is 109 cm³/mol. The molecule has 0 heterocycles. The average molecular weight is 374 g/mol. The lowest BCUT2D eigenvalue weighted by Crippen LogP contribution is -2.07. The quantitative estimate of drug-likeness (QED) is 0.561. The van der Waals surface area contributed by atoms with E-state index in [1.54, 1.807) is 68.8 Å². The van der Waals surface area contributed by atoms with Crippen LogP contribution >= 0.6 is 0 Å². The molecule has 0 fully saturated rings. The molecule has 0 unspecified atom stereocenters. The Morgan fingerprint density at radius 1 is 0.643 bits per heavy atom. The highest BCUT2D eigenvalue weighted by atomic mass is 16.5. The van der Waals surface area contributed by atoms with Gasteiger partial charge in [-0.3, -0.25) is 9.59 Å². The number of rotatable bonds is 7. The van der Waals surface area contributed by atoms with E-state index < -0.39 is 0 Å². The highest BCUT2D eigenvalue weighted by Gasteiger charge is 2.16. The topological polar surface area (TPSA) is 52.6 Å². The Bertz CT molecular complexity index is 908. The zero-order valence-corrected chi connectivity index (χ0v) is 16.2. The summed E-state index contributed by atoms with van der Waals surface area (Å²) in [6.07, 6.45) is 0.729. The van der Waals surface area contributed by atoms with Crippen molar-refractivity contribution >= 4 is 11.6 Å². The number of carbonyl (C=O) groups is 2. The number of carbonyl (C=O) groups excluding carboxylic acids is 2. The first-order chi connectivity index (χ1) is 13.5. The molecule has 0 atom stereocenters. The van der Waals surface area contributed by atoms with E-state index in [0.29, 0.717) is 33.8 Å². The van der Waals surface area contributed by atoms with Crippen molar-refractivity contribution in [2.24, 2.45) is 0 Å². The second-order valence-corrected chi connectivity index (χ2v) is 6.39. The third-order valence-electron chi connectivity index (χ3n) is 4.63. The van der Waals surface area contributed by atoms with Gasteiger partial charge in [-0.1, -0.05) is 6.92 Å². The van der Waals surface area contributed by atoms with E-state index in [2.05, 4.69) is 0 Å². The van der Waals surface area contributed by atoms with Crippen molar-refractivity contribution in [1.82, 2.24) is 0 Å². The average Bonchev–Trinajstić information content (AvgIpc) is 2.77. The SMILES string of the molecule is CCc1cc(C(=O)c2ccc(OC)cc2)cc(C(=O)c2ccc(OC)cc2)c1. The van der Waals surface area contributed by atoms with Crippen LogP contribution in [0.4, 0.5) is 0 Å². The fourth-order valence-electron chi connectivity index (χ4n) is 2.98. The molecule has 0 aliphatic carbocycles. The number of methoxy groups -OCH3 is 2. The number of ether oxygens (including phenoxy) is 2. The zero-order chi connectivity index (χ0) is 20.1. The lowest BCUT2D eigenvalue weighted by Gasteiger charge is -2.09. The normalized spacial score (nSPS) is 10.4. The van der Waals surface area contributed by atoms with Crippen molar-refractivity contribution in [3.8, 4) is 11.5 Å². The fourth-order valence-corrected chi connectivity index (χ4v) is 2.98. The lowest BCUT2D eigenvalue weighted by molar-refractivity contribution is 0.103. The molecule has 0 aliphatic rings. The summed E-state index contributed by atoms with van der Waals surface area (Å²) in [5, 5.41) is 0. The molecule has 0 amide bonds. The molecule has 0 N–H and O–H groups in total. The Morgan fingerprint density at radius 2 is 1.04 bits per heavy atom. The van der Waals surface area contributed by atoms with Crippen LogP contribution in [0, 0.1) is 0 Å². The predicted octanol–water partition coefficient (Wildman–Crippen LogP) is 4.73. The first-order valence-electron chi connectivity index (χ1n) is 9.07. The van der Waals surface area contributed by atoms with E-state index >= 15 is 0 Å². The summed E-state index contributed by atoms with van der Waals surface area (Å²) in [5.74, 6) is 1.13. The maximum absolute atomic E-state index is 12.9. The Balaban J connectivity index is 1.96. The molecule has 0 saturated carbocycles. The van der Waals surface area contributed by atoms with Gasteiger partial charge in [-0.15, -0.1) is 0 Å².